The molecule has 0 aliphatic rings. The third-order valence-corrected chi connectivity index (χ3v) is 4.32. The van der Waals surface area contributed by atoms with Gasteiger partial charge in [0.2, 0.25) is 11.8 Å². The molecule has 0 radical (unpaired) electrons. The van der Waals surface area contributed by atoms with Crippen LogP contribution < -0.4 is 14.8 Å². The van der Waals surface area contributed by atoms with Crippen molar-refractivity contribution in [3.05, 3.63) is 77.9 Å². The van der Waals surface area contributed by atoms with Crippen molar-refractivity contribution in [2.75, 3.05) is 12.4 Å². The van der Waals surface area contributed by atoms with Crippen LogP contribution in [0.15, 0.2) is 60.8 Å². The Morgan fingerprint density at radius 2 is 1.90 bits per heavy atom. The fraction of sp³-hybridized carbons (Fsp3) is 0.136. The van der Waals surface area contributed by atoms with Crippen LogP contribution in [0.5, 0.6) is 11.6 Å². The molecule has 0 amide bonds. The number of aryl methyl sites for hydroxylation is 1. The summed E-state index contributed by atoms with van der Waals surface area (Å²) < 4.78 is 24.5. The minimum atomic E-state index is -0.326. The highest BCUT2D eigenvalue weighted by molar-refractivity contribution is 5.81. The van der Waals surface area contributed by atoms with Gasteiger partial charge >= 0.3 is 0 Å². The van der Waals surface area contributed by atoms with E-state index in [9.17, 15) is 4.39 Å². The van der Waals surface area contributed by atoms with Crippen LogP contribution in [0.3, 0.4) is 0 Å². The largest absolute Gasteiger partial charge is 0.487 e. The summed E-state index contributed by atoms with van der Waals surface area (Å²) in [6.07, 6.45) is 1.73. The van der Waals surface area contributed by atoms with Crippen LogP contribution in [0.1, 0.15) is 11.3 Å². The van der Waals surface area contributed by atoms with Gasteiger partial charge in [0.25, 0.3) is 0 Å². The summed E-state index contributed by atoms with van der Waals surface area (Å²) in [5.41, 5.74) is 3.03. The number of nitrogens with one attached hydrogen (secondary N) is 1. The van der Waals surface area contributed by atoms with E-state index in [-0.39, 0.29) is 5.82 Å². The molecular weight excluding hydrogens is 371 g/mol. The third kappa shape index (κ3) is 4.40. The molecule has 0 atom stereocenters. The molecule has 29 heavy (non-hydrogen) atoms. The van der Waals surface area contributed by atoms with Gasteiger partial charge in [-0.05, 0) is 42.8 Å². The maximum atomic E-state index is 13.4. The van der Waals surface area contributed by atoms with Gasteiger partial charge < -0.3 is 14.8 Å². The van der Waals surface area contributed by atoms with E-state index in [1.54, 1.807) is 31.5 Å². The molecule has 0 fully saturated rings. The quantitative estimate of drug-likeness (QED) is 0.510. The standard InChI is InChI=1S/C22H19FN4O2/c1-14-9-15-12-24-22(26-17-6-3-5-16(23)10-17)27-19(15)11-20(14)29-13-18-7-4-8-21(25-18)28-2/h3-12H,13H2,1-2H3,(H,24,26,27). The van der Waals surface area contributed by atoms with Crippen molar-refractivity contribution in [3.63, 3.8) is 0 Å². The smallest absolute Gasteiger partial charge is 0.227 e. The molecule has 0 aliphatic heterocycles. The first-order valence-electron chi connectivity index (χ1n) is 9.03. The number of pyridine rings is 1. The zero-order chi connectivity index (χ0) is 20.2. The summed E-state index contributed by atoms with van der Waals surface area (Å²) in [6, 6.07) is 15.5. The van der Waals surface area contributed by atoms with Crippen LogP contribution in [0.4, 0.5) is 16.0 Å². The zero-order valence-electron chi connectivity index (χ0n) is 16.0. The van der Waals surface area contributed by atoms with Crippen molar-refractivity contribution < 1.29 is 13.9 Å². The summed E-state index contributed by atoms with van der Waals surface area (Å²) in [7, 11) is 1.58. The Kier molecular flexibility index (Phi) is 5.20. The number of anilines is 2. The van der Waals surface area contributed by atoms with Crippen molar-refractivity contribution in [2.45, 2.75) is 13.5 Å². The van der Waals surface area contributed by atoms with Gasteiger partial charge in [0.1, 0.15) is 18.2 Å². The second-order valence-electron chi connectivity index (χ2n) is 6.47. The minimum absolute atomic E-state index is 0.309. The lowest BCUT2D eigenvalue weighted by Gasteiger charge is -2.11. The number of ether oxygens (including phenoxy) is 2. The Bertz CT molecular complexity index is 1170. The maximum Gasteiger partial charge on any atom is 0.227 e. The summed E-state index contributed by atoms with van der Waals surface area (Å²) in [5.74, 6) is 1.31. The van der Waals surface area contributed by atoms with Crippen LogP contribution >= 0.6 is 0 Å². The van der Waals surface area contributed by atoms with Crippen molar-refractivity contribution >= 4 is 22.5 Å². The summed E-state index contributed by atoms with van der Waals surface area (Å²) in [4.78, 5) is 13.2. The Morgan fingerprint density at radius 1 is 1.03 bits per heavy atom. The predicted octanol–water partition coefficient (Wildman–Crippen LogP) is 4.80. The molecule has 1 N–H and O–H groups in total. The molecule has 2 aromatic carbocycles. The average molecular weight is 390 g/mol. The van der Waals surface area contributed by atoms with Crippen LogP contribution in [0.2, 0.25) is 0 Å². The summed E-state index contributed by atoms with van der Waals surface area (Å²) in [5, 5.41) is 3.90. The van der Waals surface area contributed by atoms with Crippen LogP contribution in [0.25, 0.3) is 10.9 Å². The van der Waals surface area contributed by atoms with Crippen LogP contribution in [-0.4, -0.2) is 22.1 Å². The predicted molar refractivity (Wildman–Crippen MR) is 109 cm³/mol. The van der Waals surface area contributed by atoms with Gasteiger partial charge in [0.05, 0.1) is 18.3 Å². The van der Waals surface area contributed by atoms with Crippen molar-refractivity contribution in [1.82, 2.24) is 15.0 Å². The molecule has 4 rings (SSSR count). The second kappa shape index (κ2) is 8.10. The van der Waals surface area contributed by atoms with Gasteiger partial charge in [-0.3, -0.25) is 0 Å². The highest BCUT2D eigenvalue weighted by Gasteiger charge is 2.08. The molecule has 0 bridgehead atoms. The number of aromatic nitrogens is 3. The van der Waals surface area contributed by atoms with Gasteiger partial charge in [-0.25, -0.2) is 19.3 Å². The minimum Gasteiger partial charge on any atom is -0.487 e. The normalized spacial score (nSPS) is 10.7. The maximum absolute atomic E-state index is 13.4. The molecule has 0 saturated heterocycles. The van der Waals surface area contributed by atoms with Crippen molar-refractivity contribution in [2.24, 2.45) is 0 Å². The van der Waals surface area contributed by atoms with Gasteiger partial charge in [-0.1, -0.05) is 12.1 Å². The number of hydrogen-bond acceptors (Lipinski definition) is 6. The Balaban J connectivity index is 1.57. The molecule has 2 aromatic heterocycles. The first kappa shape index (κ1) is 18.6. The molecular formula is C22H19FN4O2. The van der Waals surface area contributed by atoms with E-state index in [2.05, 4.69) is 20.3 Å². The zero-order valence-corrected chi connectivity index (χ0v) is 16.0. The number of benzene rings is 2. The van der Waals surface area contributed by atoms with E-state index in [4.69, 9.17) is 9.47 Å². The molecule has 0 unspecified atom stereocenters. The first-order valence-corrected chi connectivity index (χ1v) is 9.03. The Labute approximate surface area is 167 Å². The number of nitrogens with zero attached hydrogens (tertiary/aromatic N) is 3. The van der Waals surface area contributed by atoms with Crippen molar-refractivity contribution in [1.29, 1.82) is 0 Å². The number of methoxy groups -OCH3 is 1. The molecule has 6 nitrogen and oxygen atoms in total. The van der Waals surface area contributed by atoms with E-state index in [0.29, 0.717) is 29.9 Å². The molecule has 2 heterocycles. The lowest BCUT2D eigenvalue weighted by molar-refractivity contribution is 0.296. The molecule has 0 aliphatic carbocycles. The van der Waals surface area contributed by atoms with Gasteiger partial charge in [-0.2, -0.15) is 0 Å². The number of fused-ring (bicyclic) bond motifs is 1. The van der Waals surface area contributed by atoms with E-state index in [1.807, 2.05) is 31.2 Å². The molecule has 0 saturated carbocycles. The SMILES string of the molecule is COc1cccc(COc2cc3nc(Nc4cccc(F)c4)ncc3cc2C)n1. The van der Waals surface area contributed by atoms with Crippen molar-refractivity contribution in [3.8, 4) is 11.6 Å². The van der Waals surface area contributed by atoms with Crippen LogP contribution in [-0.2, 0) is 6.61 Å². The fourth-order valence-corrected chi connectivity index (χ4v) is 2.89. The molecule has 146 valence electrons. The monoisotopic (exact) mass is 390 g/mol. The summed E-state index contributed by atoms with van der Waals surface area (Å²) in [6.45, 7) is 2.27. The molecule has 0 spiro atoms. The van der Waals surface area contributed by atoms with E-state index in [0.717, 1.165) is 22.2 Å². The number of hydrogen-bond donors (Lipinski definition) is 1. The highest BCUT2D eigenvalue weighted by Crippen LogP contribution is 2.26. The average Bonchev–Trinajstić information content (AvgIpc) is 2.72. The molecule has 4 aromatic rings. The lowest BCUT2D eigenvalue weighted by atomic mass is 10.1. The third-order valence-electron chi connectivity index (χ3n) is 4.32. The van der Waals surface area contributed by atoms with Crippen LogP contribution in [0, 0.1) is 12.7 Å². The fourth-order valence-electron chi connectivity index (χ4n) is 2.89. The van der Waals surface area contributed by atoms with E-state index >= 15 is 0 Å². The van der Waals surface area contributed by atoms with Gasteiger partial charge in [0.15, 0.2) is 0 Å². The van der Waals surface area contributed by atoms with Gasteiger partial charge in [0, 0.05) is 29.4 Å². The first-order chi connectivity index (χ1) is 14.1. The van der Waals surface area contributed by atoms with Gasteiger partial charge in [-0.15, -0.1) is 0 Å². The second-order valence-corrected chi connectivity index (χ2v) is 6.47. The highest BCUT2D eigenvalue weighted by atomic mass is 19.1. The summed E-state index contributed by atoms with van der Waals surface area (Å²) >= 11 is 0. The Morgan fingerprint density at radius 3 is 2.72 bits per heavy atom. The Hall–Kier alpha value is -3.74. The number of halogens is 1. The topological polar surface area (TPSA) is 69.2 Å². The molecule has 7 heteroatoms. The van der Waals surface area contributed by atoms with E-state index < -0.39 is 0 Å². The van der Waals surface area contributed by atoms with E-state index in [1.165, 1.54) is 12.1 Å². The lowest BCUT2D eigenvalue weighted by Crippen LogP contribution is -2.01. The number of rotatable bonds is 6.